The van der Waals surface area contributed by atoms with Crippen molar-refractivity contribution in [1.29, 1.82) is 0 Å². The van der Waals surface area contributed by atoms with Crippen molar-refractivity contribution >= 4 is 16.6 Å². The van der Waals surface area contributed by atoms with E-state index < -0.39 is 0 Å². The molecule has 0 fully saturated rings. The third-order valence-electron chi connectivity index (χ3n) is 5.02. The number of aromatic nitrogens is 4. The van der Waals surface area contributed by atoms with Gasteiger partial charge in [0.05, 0.1) is 18.3 Å². The predicted octanol–water partition coefficient (Wildman–Crippen LogP) is 4.41. The topological polar surface area (TPSA) is 63.3 Å². The van der Waals surface area contributed by atoms with Gasteiger partial charge in [-0.05, 0) is 35.7 Å². The number of fused-ring (bicyclic) bond motifs is 2. The first-order chi connectivity index (χ1) is 13.7. The van der Waals surface area contributed by atoms with Gasteiger partial charge in [-0.2, -0.15) is 5.10 Å². The largest absolute Gasteiger partial charge is 0.392 e. The van der Waals surface area contributed by atoms with Crippen LogP contribution in [0.25, 0.3) is 38.8 Å². The number of hydrogen-bond donors (Lipinski definition) is 1. The minimum absolute atomic E-state index is 0.00189. The average Bonchev–Trinajstić information content (AvgIpc) is 3.16. The number of hydrogen-bond acceptors (Lipinski definition) is 4. The highest BCUT2D eigenvalue weighted by atomic mass is 16.3. The van der Waals surface area contributed by atoms with Crippen LogP contribution in [0.2, 0.25) is 0 Å². The molecule has 0 saturated carbocycles. The number of rotatable bonds is 3. The fourth-order valence-corrected chi connectivity index (χ4v) is 3.49. The number of pyridine rings is 1. The van der Waals surface area contributed by atoms with E-state index in [9.17, 15) is 5.11 Å². The zero-order chi connectivity index (χ0) is 19.1. The van der Waals surface area contributed by atoms with Crippen molar-refractivity contribution < 1.29 is 5.11 Å². The maximum absolute atomic E-state index is 9.38. The molecule has 0 aliphatic rings. The molecular weight excluding hydrogens is 348 g/mol. The lowest BCUT2D eigenvalue weighted by Gasteiger charge is -2.07. The first kappa shape index (κ1) is 16.6. The van der Waals surface area contributed by atoms with Crippen molar-refractivity contribution in [3.05, 3.63) is 84.4 Å². The van der Waals surface area contributed by atoms with Crippen LogP contribution in [0.1, 0.15) is 11.1 Å². The first-order valence-electron chi connectivity index (χ1n) is 9.12. The lowest BCUT2D eigenvalue weighted by atomic mass is 10.0. The predicted molar refractivity (Wildman–Crippen MR) is 110 cm³/mol. The van der Waals surface area contributed by atoms with Crippen LogP contribution in [-0.4, -0.2) is 24.7 Å². The average molecular weight is 366 g/mol. The Labute approximate surface area is 161 Å². The Hall–Kier alpha value is -3.57. The van der Waals surface area contributed by atoms with E-state index in [4.69, 9.17) is 4.98 Å². The highest BCUT2D eigenvalue weighted by Crippen LogP contribution is 2.31. The van der Waals surface area contributed by atoms with Crippen LogP contribution < -0.4 is 0 Å². The molecule has 0 unspecified atom stereocenters. The molecule has 0 atom stereocenters. The van der Waals surface area contributed by atoms with Crippen LogP contribution in [0.5, 0.6) is 0 Å². The van der Waals surface area contributed by atoms with Gasteiger partial charge in [0.15, 0.2) is 5.65 Å². The molecule has 2 aromatic carbocycles. The SMILES string of the molecule is Cc1ccc(-c2cnc3c(-c4ccnc5cc(CO)ccc45)cnn3c2)cc1. The minimum Gasteiger partial charge on any atom is -0.392 e. The van der Waals surface area contributed by atoms with Crippen molar-refractivity contribution in [2.45, 2.75) is 13.5 Å². The van der Waals surface area contributed by atoms with E-state index in [0.717, 1.165) is 44.4 Å². The van der Waals surface area contributed by atoms with Crippen LogP contribution >= 0.6 is 0 Å². The van der Waals surface area contributed by atoms with Gasteiger partial charge in [-0.1, -0.05) is 42.0 Å². The van der Waals surface area contributed by atoms with Gasteiger partial charge in [0.2, 0.25) is 0 Å². The fourth-order valence-electron chi connectivity index (χ4n) is 3.49. The summed E-state index contributed by atoms with van der Waals surface area (Å²) in [6.07, 6.45) is 7.52. The third-order valence-corrected chi connectivity index (χ3v) is 5.02. The van der Waals surface area contributed by atoms with Gasteiger partial charge in [0.1, 0.15) is 0 Å². The van der Waals surface area contributed by atoms with Gasteiger partial charge in [0, 0.05) is 35.1 Å². The summed E-state index contributed by atoms with van der Waals surface area (Å²) in [6, 6.07) is 16.2. The molecule has 0 aliphatic heterocycles. The highest BCUT2D eigenvalue weighted by Gasteiger charge is 2.13. The molecule has 5 nitrogen and oxygen atoms in total. The molecule has 3 heterocycles. The number of aliphatic hydroxyl groups excluding tert-OH is 1. The second-order valence-electron chi connectivity index (χ2n) is 6.90. The summed E-state index contributed by atoms with van der Waals surface area (Å²) in [5.41, 5.74) is 7.84. The zero-order valence-corrected chi connectivity index (χ0v) is 15.4. The molecule has 0 bridgehead atoms. The van der Waals surface area contributed by atoms with Crippen LogP contribution in [0.15, 0.2) is 73.3 Å². The molecular formula is C23H18N4O. The molecule has 0 amide bonds. The lowest BCUT2D eigenvalue weighted by Crippen LogP contribution is -1.93. The third kappa shape index (κ3) is 2.73. The van der Waals surface area contributed by atoms with Gasteiger partial charge < -0.3 is 5.11 Å². The molecule has 28 heavy (non-hydrogen) atoms. The minimum atomic E-state index is 0.00189. The quantitative estimate of drug-likeness (QED) is 0.514. The first-order valence-corrected chi connectivity index (χ1v) is 9.12. The normalized spacial score (nSPS) is 11.4. The van der Waals surface area contributed by atoms with Crippen molar-refractivity contribution in [3.63, 3.8) is 0 Å². The standard InChI is InChI=1S/C23H18N4O/c1-15-2-5-17(6-3-15)18-11-25-23-21(12-26-27(23)13-18)19-8-9-24-22-10-16(14-28)4-7-20(19)22/h2-13,28H,14H2,1H3. The van der Waals surface area contributed by atoms with E-state index >= 15 is 0 Å². The van der Waals surface area contributed by atoms with E-state index in [2.05, 4.69) is 41.3 Å². The summed E-state index contributed by atoms with van der Waals surface area (Å²) in [4.78, 5) is 9.14. The Kier molecular flexibility index (Phi) is 3.88. The molecule has 5 aromatic rings. The molecule has 1 N–H and O–H groups in total. The van der Waals surface area contributed by atoms with Gasteiger partial charge in [0.25, 0.3) is 0 Å². The Morgan fingerprint density at radius 2 is 1.75 bits per heavy atom. The molecule has 0 saturated heterocycles. The number of aliphatic hydroxyl groups is 1. The molecule has 0 radical (unpaired) electrons. The van der Waals surface area contributed by atoms with Crippen LogP contribution in [-0.2, 0) is 6.61 Å². The van der Waals surface area contributed by atoms with E-state index in [1.165, 1.54) is 5.56 Å². The van der Waals surface area contributed by atoms with Crippen molar-refractivity contribution in [2.24, 2.45) is 0 Å². The van der Waals surface area contributed by atoms with Gasteiger partial charge in [-0.15, -0.1) is 0 Å². The summed E-state index contributed by atoms with van der Waals surface area (Å²) < 4.78 is 1.82. The van der Waals surface area contributed by atoms with Gasteiger partial charge in [-0.3, -0.25) is 4.98 Å². The molecule has 0 spiro atoms. The number of aryl methyl sites for hydroxylation is 1. The van der Waals surface area contributed by atoms with Crippen molar-refractivity contribution in [2.75, 3.05) is 0 Å². The lowest BCUT2D eigenvalue weighted by molar-refractivity contribution is 0.282. The smallest absolute Gasteiger partial charge is 0.162 e. The van der Waals surface area contributed by atoms with Gasteiger partial charge in [-0.25, -0.2) is 9.50 Å². The summed E-state index contributed by atoms with van der Waals surface area (Å²) in [5, 5.41) is 14.9. The highest BCUT2D eigenvalue weighted by molar-refractivity contribution is 5.97. The van der Waals surface area contributed by atoms with Crippen LogP contribution in [0, 0.1) is 6.92 Å². The Morgan fingerprint density at radius 3 is 2.57 bits per heavy atom. The van der Waals surface area contributed by atoms with Crippen molar-refractivity contribution in [3.8, 4) is 22.3 Å². The van der Waals surface area contributed by atoms with Crippen LogP contribution in [0.4, 0.5) is 0 Å². The second-order valence-corrected chi connectivity index (χ2v) is 6.90. The fraction of sp³-hybridized carbons (Fsp3) is 0.0870. The Balaban J connectivity index is 1.64. The zero-order valence-electron chi connectivity index (χ0n) is 15.4. The van der Waals surface area contributed by atoms with E-state index in [0.29, 0.717) is 0 Å². The van der Waals surface area contributed by atoms with Gasteiger partial charge >= 0.3 is 0 Å². The number of nitrogens with zero attached hydrogens (tertiary/aromatic N) is 4. The monoisotopic (exact) mass is 366 g/mol. The Bertz CT molecular complexity index is 1310. The molecule has 5 heteroatoms. The summed E-state index contributed by atoms with van der Waals surface area (Å²) in [5.74, 6) is 0. The van der Waals surface area contributed by atoms with E-state index in [1.807, 2.05) is 47.4 Å². The molecule has 3 aromatic heterocycles. The molecule has 136 valence electrons. The molecule has 5 rings (SSSR count). The Morgan fingerprint density at radius 1 is 0.893 bits per heavy atom. The summed E-state index contributed by atoms with van der Waals surface area (Å²) in [6.45, 7) is 2.08. The van der Waals surface area contributed by atoms with Crippen molar-refractivity contribution in [1.82, 2.24) is 19.6 Å². The van der Waals surface area contributed by atoms with Crippen LogP contribution in [0.3, 0.4) is 0 Å². The maximum atomic E-state index is 9.38. The second kappa shape index (κ2) is 6.55. The van der Waals surface area contributed by atoms with E-state index in [1.54, 1.807) is 6.20 Å². The van der Waals surface area contributed by atoms with E-state index in [-0.39, 0.29) is 6.61 Å². The molecule has 0 aliphatic carbocycles. The number of benzene rings is 2. The summed E-state index contributed by atoms with van der Waals surface area (Å²) in [7, 11) is 0. The maximum Gasteiger partial charge on any atom is 0.162 e. The summed E-state index contributed by atoms with van der Waals surface area (Å²) >= 11 is 0.